The van der Waals surface area contributed by atoms with Crippen LogP contribution < -0.4 is 4.72 Å². The van der Waals surface area contributed by atoms with Crippen LogP contribution in [0.15, 0.2) is 33.6 Å². The molecule has 2 rings (SSSR count). The molecule has 1 unspecified atom stereocenters. The molecule has 3 nitrogen and oxygen atoms in total. The van der Waals surface area contributed by atoms with Gasteiger partial charge < -0.3 is 0 Å². The summed E-state index contributed by atoms with van der Waals surface area (Å²) in [4.78, 5) is 0.325. The fraction of sp³-hybridized carbons (Fsp3) is 0.500. The van der Waals surface area contributed by atoms with Crippen molar-refractivity contribution < 1.29 is 8.42 Å². The number of benzene rings is 1. The van der Waals surface area contributed by atoms with E-state index < -0.39 is 10.0 Å². The van der Waals surface area contributed by atoms with E-state index in [2.05, 4.69) is 20.7 Å². The summed E-state index contributed by atoms with van der Waals surface area (Å²) < 4.78 is 27.7. The van der Waals surface area contributed by atoms with Crippen LogP contribution >= 0.6 is 27.7 Å². The van der Waals surface area contributed by atoms with Crippen LogP contribution in [0, 0.1) is 0 Å². The van der Waals surface area contributed by atoms with E-state index in [0.29, 0.717) is 16.7 Å². The van der Waals surface area contributed by atoms with Crippen LogP contribution in [-0.2, 0) is 10.0 Å². The first kappa shape index (κ1) is 14.4. The van der Waals surface area contributed by atoms with Crippen molar-refractivity contribution in [3.8, 4) is 0 Å². The molecule has 0 amide bonds. The Morgan fingerprint density at radius 1 is 1.28 bits per heavy atom. The predicted molar refractivity (Wildman–Crippen MR) is 79.4 cm³/mol. The Balaban J connectivity index is 1.96. The van der Waals surface area contributed by atoms with Crippen LogP contribution in [0.2, 0.25) is 0 Å². The van der Waals surface area contributed by atoms with Crippen molar-refractivity contribution in [2.75, 3.05) is 12.3 Å². The molecule has 1 aromatic carbocycles. The zero-order valence-electron chi connectivity index (χ0n) is 9.93. The zero-order chi connectivity index (χ0) is 13.0. The first-order valence-corrected chi connectivity index (χ1v) is 9.27. The van der Waals surface area contributed by atoms with E-state index in [1.807, 2.05) is 11.8 Å². The second-order valence-corrected chi connectivity index (χ2v) is 8.39. The lowest BCUT2D eigenvalue weighted by Gasteiger charge is -2.21. The van der Waals surface area contributed by atoms with Gasteiger partial charge in [-0.3, -0.25) is 0 Å². The summed E-state index contributed by atoms with van der Waals surface area (Å²) in [6, 6.07) is 6.70. The molecule has 6 heteroatoms. The third-order valence-corrected chi connectivity index (χ3v) is 6.27. The smallest absolute Gasteiger partial charge is 0.210 e. The van der Waals surface area contributed by atoms with E-state index >= 15 is 0 Å². The largest absolute Gasteiger partial charge is 0.240 e. The van der Waals surface area contributed by atoms with Gasteiger partial charge in [0.2, 0.25) is 10.0 Å². The van der Waals surface area contributed by atoms with Crippen molar-refractivity contribution in [3.05, 3.63) is 28.7 Å². The summed E-state index contributed by atoms with van der Waals surface area (Å²) in [7, 11) is -3.36. The molecule has 1 N–H and O–H groups in total. The van der Waals surface area contributed by atoms with Crippen molar-refractivity contribution in [1.82, 2.24) is 4.72 Å². The molecule has 0 radical (unpaired) electrons. The maximum atomic E-state index is 12.1. The molecule has 0 aliphatic carbocycles. The second kappa shape index (κ2) is 6.41. The molecule has 0 bridgehead atoms. The summed E-state index contributed by atoms with van der Waals surface area (Å²) >= 11 is 5.16. The number of nitrogens with one attached hydrogen (secondary N) is 1. The highest BCUT2D eigenvalue weighted by molar-refractivity contribution is 9.10. The molecule has 0 saturated carbocycles. The van der Waals surface area contributed by atoms with Crippen molar-refractivity contribution in [1.29, 1.82) is 0 Å². The molecule has 100 valence electrons. The third-order valence-electron chi connectivity index (χ3n) is 2.90. The van der Waals surface area contributed by atoms with Gasteiger partial charge in [0, 0.05) is 16.3 Å². The first-order chi connectivity index (χ1) is 8.58. The average molecular weight is 350 g/mol. The standard InChI is InChI=1S/C12H16BrNO2S2/c13-10-4-6-12(7-5-10)18(15,16)14-9-11-3-1-2-8-17-11/h4-7,11,14H,1-3,8-9H2. The molecule has 0 spiro atoms. The fourth-order valence-electron chi connectivity index (χ4n) is 1.87. The Bertz CT molecular complexity index is 481. The van der Waals surface area contributed by atoms with Gasteiger partial charge in [0.25, 0.3) is 0 Å². The summed E-state index contributed by atoms with van der Waals surface area (Å²) in [6.45, 7) is 0.531. The topological polar surface area (TPSA) is 46.2 Å². The number of halogens is 1. The van der Waals surface area contributed by atoms with Crippen molar-refractivity contribution in [3.63, 3.8) is 0 Å². The third kappa shape index (κ3) is 3.98. The van der Waals surface area contributed by atoms with Crippen molar-refractivity contribution in [2.45, 2.75) is 29.4 Å². The fourth-order valence-corrected chi connectivity index (χ4v) is 4.56. The number of hydrogen-bond acceptors (Lipinski definition) is 3. The van der Waals surface area contributed by atoms with Gasteiger partial charge >= 0.3 is 0 Å². The quantitative estimate of drug-likeness (QED) is 0.908. The minimum atomic E-state index is -3.36. The zero-order valence-corrected chi connectivity index (χ0v) is 13.2. The molecule has 0 aromatic heterocycles. The molecule has 1 aliphatic rings. The van der Waals surface area contributed by atoms with Crippen LogP contribution in [0.5, 0.6) is 0 Å². The van der Waals surface area contributed by atoms with Crippen LogP contribution in [0.25, 0.3) is 0 Å². The molecule has 1 aromatic rings. The molecule has 1 aliphatic heterocycles. The highest BCUT2D eigenvalue weighted by Crippen LogP contribution is 2.24. The Kier molecular flexibility index (Phi) is 5.12. The number of thioether (sulfide) groups is 1. The van der Waals surface area contributed by atoms with Gasteiger partial charge in [0.1, 0.15) is 0 Å². The molecule has 18 heavy (non-hydrogen) atoms. The number of hydrogen-bond donors (Lipinski definition) is 1. The van der Waals surface area contributed by atoms with Crippen molar-refractivity contribution in [2.24, 2.45) is 0 Å². The van der Waals surface area contributed by atoms with Crippen LogP contribution in [0.1, 0.15) is 19.3 Å². The molecule has 1 saturated heterocycles. The van der Waals surface area contributed by atoms with E-state index in [4.69, 9.17) is 0 Å². The average Bonchev–Trinajstić information content (AvgIpc) is 2.38. The van der Waals surface area contributed by atoms with Crippen LogP contribution in [0.4, 0.5) is 0 Å². The van der Waals surface area contributed by atoms with Gasteiger partial charge in [-0.05, 0) is 42.9 Å². The van der Waals surface area contributed by atoms with Gasteiger partial charge in [-0.2, -0.15) is 11.8 Å². The van der Waals surface area contributed by atoms with E-state index in [1.165, 1.54) is 12.8 Å². The van der Waals surface area contributed by atoms with Gasteiger partial charge in [-0.25, -0.2) is 13.1 Å². The lowest BCUT2D eigenvalue weighted by atomic mass is 10.2. The summed E-state index contributed by atoms with van der Waals surface area (Å²) in [5, 5.41) is 0.420. The second-order valence-electron chi connectivity index (χ2n) is 4.29. The van der Waals surface area contributed by atoms with E-state index in [9.17, 15) is 8.42 Å². The minimum absolute atomic E-state index is 0.325. The summed E-state index contributed by atoms with van der Waals surface area (Å²) in [6.07, 6.45) is 3.56. The molecule has 1 atom stereocenters. The van der Waals surface area contributed by atoms with E-state index in [0.717, 1.165) is 16.6 Å². The lowest BCUT2D eigenvalue weighted by Crippen LogP contribution is -2.31. The van der Waals surface area contributed by atoms with Crippen molar-refractivity contribution >= 4 is 37.7 Å². The summed E-state index contributed by atoms with van der Waals surface area (Å²) in [5.41, 5.74) is 0. The highest BCUT2D eigenvalue weighted by Gasteiger charge is 2.18. The van der Waals surface area contributed by atoms with Gasteiger partial charge in [-0.15, -0.1) is 0 Å². The summed E-state index contributed by atoms with van der Waals surface area (Å²) in [5.74, 6) is 1.14. The lowest BCUT2D eigenvalue weighted by molar-refractivity contribution is 0.574. The molecule has 1 heterocycles. The van der Waals surface area contributed by atoms with Gasteiger partial charge in [-0.1, -0.05) is 22.4 Å². The molecular weight excluding hydrogens is 334 g/mol. The predicted octanol–water partition coefficient (Wildman–Crippen LogP) is 3.01. The van der Waals surface area contributed by atoms with E-state index in [1.54, 1.807) is 24.3 Å². The normalized spacial score (nSPS) is 20.8. The van der Waals surface area contributed by atoms with E-state index in [-0.39, 0.29) is 0 Å². The molecule has 1 fully saturated rings. The number of sulfonamides is 1. The molecular formula is C12H16BrNO2S2. The van der Waals surface area contributed by atoms with Crippen LogP contribution in [0.3, 0.4) is 0 Å². The SMILES string of the molecule is O=S(=O)(NCC1CCCCS1)c1ccc(Br)cc1. The Morgan fingerprint density at radius 3 is 2.61 bits per heavy atom. The first-order valence-electron chi connectivity index (χ1n) is 5.95. The van der Waals surface area contributed by atoms with Crippen LogP contribution in [-0.4, -0.2) is 26.0 Å². The maximum Gasteiger partial charge on any atom is 0.240 e. The monoisotopic (exact) mass is 349 g/mol. The van der Waals surface area contributed by atoms with Gasteiger partial charge in [0.15, 0.2) is 0 Å². The minimum Gasteiger partial charge on any atom is -0.210 e. The Labute approximate surface area is 121 Å². The Hall–Kier alpha value is -0.0400. The maximum absolute atomic E-state index is 12.1. The Morgan fingerprint density at radius 2 is 2.00 bits per heavy atom. The highest BCUT2D eigenvalue weighted by atomic mass is 79.9. The number of rotatable bonds is 4. The van der Waals surface area contributed by atoms with Gasteiger partial charge in [0.05, 0.1) is 4.90 Å².